The van der Waals surface area contributed by atoms with Crippen LogP contribution in [0.1, 0.15) is 141 Å². The van der Waals surface area contributed by atoms with Crippen molar-refractivity contribution in [2.75, 3.05) is 6.61 Å². The van der Waals surface area contributed by atoms with E-state index in [4.69, 9.17) is 4.74 Å². The minimum Gasteiger partial charge on any atom is -0.494 e. The lowest BCUT2D eigenvalue weighted by Gasteiger charge is -2.31. The van der Waals surface area contributed by atoms with E-state index in [0.717, 1.165) is 57.3 Å². The van der Waals surface area contributed by atoms with Gasteiger partial charge in [-0.1, -0.05) is 83.8 Å². The summed E-state index contributed by atoms with van der Waals surface area (Å²) in [6.45, 7) is 5.28. The molecule has 2 saturated carbocycles. The second-order valence-electron chi connectivity index (χ2n) is 11.7. The number of rotatable bonds is 16. The fourth-order valence-corrected chi connectivity index (χ4v) is 6.40. The molecule has 0 heterocycles. The summed E-state index contributed by atoms with van der Waals surface area (Å²) < 4.78 is 5.90. The first-order valence-corrected chi connectivity index (χ1v) is 15.4. The molecule has 0 N–H and O–H groups in total. The molecule has 1 aromatic rings. The van der Waals surface area contributed by atoms with Gasteiger partial charge >= 0.3 is 0 Å². The molecular weight excluding hydrogens is 444 g/mol. The molecule has 0 bridgehead atoms. The molecule has 2 fully saturated rings. The number of carbonyl (C=O) groups excluding carboxylic acids is 2. The average molecular weight is 497 g/mol. The van der Waals surface area contributed by atoms with Crippen molar-refractivity contribution in [3.05, 3.63) is 29.8 Å². The van der Waals surface area contributed by atoms with Gasteiger partial charge in [-0.25, -0.2) is 0 Å². The first-order chi connectivity index (χ1) is 17.6. The molecule has 0 radical (unpaired) electrons. The maximum Gasteiger partial charge on any atom is 0.143 e. The Bertz CT molecular complexity index is 760. The molecule has 3 nitrogen and oxygen atoms in total. The van der Waals surface area contributed by atoms with Crippen molar-refractivity contribution >= 4 is 11.6 Å². The maximum atomic E-state index is 13.0. The van der Waals surface area contributed by atoms with Gasteiger partial charge in [0.15, 0.2) is 0 Å². The maximum absolute atomic E-state index is 13.0. The number of ether oxygens (including phenoxy) is 1. The van der Waals surface area contributed by atoms with Crippen LogP contribution in [0.4, 0.5) is 0 Å². The molecule has 0 spiro atoms. The van der Waals surface area contributed by atoms with E-state index in [1.807, 2.05) is 0 Å². The van der Waals surface area contributed by atoms with E-state index in [2.05, 4.69) is 38.1 Å². The van der Waals surface area contributed by atoms with Gasteiger partial charge in [-0.2, -0.15) is 0 Å². The van der Waals surface area contributed by atoms with Crippen molar-refractivity contribution in [1.29, 1.82) is 0 Å². The van der Waals surface area contributed by atoms with E-state index < -0.39 is 0 Å². The van der Waals surface area contributed by atoms with Crippen molar-refractivity contribution < 1.29 is 14.3 Å². The first kappa shape index (κ1) is 28.9. The minimum absolute atomic E-state index is 0.241. The summed E-state index contributed by atoms with van der Waals surface area (Å²) in [5, 5.41) is 0. The molecule has 2 unspecified atom stereocenters. The van der Waals surface area contributed by atoms with Crippen LogP contribution in [-0.4, -0.2) is 18.2 Å². The topological polar surface area (TPSA) is 43.4 Å². The fourth-order valence-electron chi connectivity index (χ4n) is 6.40. The molecular formula is C33H52O3. The van der Waals surface area contributed by atoms with E-state index in [9.17, 15) is 9.59 Å². The van der Waals surface area contributed by atoms with E-state index in [1.54, 1.807) is 0 Å². The predicted molar refractivity (Wildman–Crippen MR) is 150 cm³/mol. The van der Waals surface area contributed by atoms with Gasteiger partial charge in [-0.15, -0.1) is 0 Å². The zero-order chi connectivity index (χ0) is 25.6. The zero-order valence-electron chi connectivity index (χ0n) is 23.3. The smallest absolute Gasteiger partial charge is 0.143 e. The molecule has 2 aliphatic rings. The molecule has 2 aliphatic carbocycles. The Labute approximate surface area is 221 Å². The van der Waals surface area contributed by atoms with Crippen molar-refractivity contribution in [1.82, 2.24) is 0 Å². The number of carbonyl (C=O) groups is 2. The van der Waals surface area contributed by atoms with Gasteiger partial charge in [-0.05, 0) is 80.4 Å². The number of benzene rings is 1. The third-order valence-corrected chi connectivity index (χ3v) is 8.80. The molecule has 0 aromatic heterocycles. The Balaban J connectivity index is 1.33. The third-order valence-electron chi connectivity index (χ3n) is 8.80. The number of unbranched alkanes of at least 4 members (excludes halogenated alkanes) is 7. The van der Waals surface area contributed by atoms with Crippen LogP contribution in [0.3, 0.4) is 0 Å². The van der Waals surface area contributed by atoms with E-state index in [0.29, 0.717) is 30.6 Å². The standard InChI is InChI=1S/C33H52O3/c1-3-5-7-9-10-12-26-15-22-31(32(34)24-26)33(35)25-27-13-16-28(17-14-27)29-18-20-30(21-19-29)36-23-11-8-6-4-2/h18-21,26-28,31H,3-17,22-25H2,1-2H3. The predicted octanol–water partition coefficient (Wildman–Crippen LogP) is 9.22. The molecule has 0 aliphatic heterocycles. The van der Waals surface area contributed by atoms with Crippen LogP contribution in [0.5, 0.6) is 5.75 Å². The lowest BCUT2D eigenvalue weighted by Crippen LogP contribution is -2.32. The Morgan fingerprint density at radius 1 is 0.778 bits per heavy atom. The van der Waals surface area contributed by atoms with Crippen LogP contribution >= 0.6 is 0 Å². The van der Waals surface area contributed by atoms with Crippen molar-refractivity contribution in [3.63, 3.8) is 0 Å². The van der Waals surface area contributed by atoms with Crippen LogP contribution in [0.15, 0.2) is 24.3 Å². The summed E-state index contributed by atoms with van der Waals surface area (Å²) >= 11 is 0. The molecule has 3 heteroatoms. The highest BCUT2D eigenvalue weighted by Crippen LogP contribution is 2.39. The number of ketones is 2. The van der Waals surface area contributed by atoms with Gasteiger partial charge in [0.05, 0.1) is 12.5 Å². The molecule has 3 rings (SSSR count). The third kappa shape index (κ3) is 9.67. The van der Waals surface area contributed by atoms with E-state index >= 15 is 0 Å². The second-order valence-corrected chi connectivity index (χ2v) is 11.7. The van der Waals surface area contributed by atoms with Crippen molar-refractivity contribution in [3.8, 4) is 5.75 Å². The summed E-state index contributed by atoms with van der Waals surface area (Å²) in [5.74, 6) is 2.74. The fraction of sp³-hybridized carbons (Fsp3) is 0.758. The highest BCUT2D eigenvalue weighted by molar-refractivity contribution is 6.02. The Morgan fingerprint density at radius 3 is 2.08 bits per heavy atom. The largest absolute Gasteiger partial charge is 0.494 e. The highest BCUT2D eigenvalue weighted by atomic mass is 16.5. The van der Waals surface area contributed by atoms with Gasteiger partial charge < -0.3 is 4.74 Å². The molecule has 1 aromatic carbocycles. The van der Waals surface area contributed by atoms with Gasteiger partial charge in [0.1, 0.15) is 17.3 Å². The minimum atomic E-state index is -0.298. The number of Topliss-reactive ketones (excluding diaryl/α,β-unsaturated/α-hetero) is 2. The molecule has 0 amide bonds. The van der Waals surface area contributed by atoms with Crippen LogP contribution in [0.2, 0.25) is 0 Å². The summed E-state index contributed by atoms with van der Waals surface area (Å²) in [5.41, 5.74) is 1.40. The van der Waals surface area contributed by atoms with Crippen LogP contribution < -0.4 is 4.74 Å². The first-order valence-electron chi connectivity index (χ1n) is 15.4. The van der Waals surface area contributed by atoms with Gasteiger partial charge in [0, 0.05) is 12.8 Å². The summed E-state index contributed by atoms with van der Waals surface area (Å²) in [6, 6.07) is 8.72. The average Bonchev–Trinajstić information content (AvgIpc) is 2.89. The molecule has 0 saturated heterocycles. The zero-order valence-corrected chi connectivity index (χ0v) is 23.3. The summed E-state index contributed by atoms with van der Waals surface area (Å²) in [7, 11) is 0. The Kier molecular flexibility index (Phi) is 13.1. The summed E-state index contributed by atoms with van der Waals surface area (Å²) in [4.78, 5) is 25.8. The Morgan fingerprint density at radius 2 is 1.42 bits per heavy atom. The highest BCUT2D eigenvalue weighted by Gasteiger charge is 2.34. The van der Waals surface area contributed by atoms with Crippen molar-refractivity contribution in [2.24, 2.45) is 17.8 Å². The van der Waals surface area contributed by atoms with Gasteiger partial charge in [0.25, 0.3) is 0 Å². The van der Waals surface area contributed by atoms with Crippen LogP contribution in [-0.2, 0) is 9.59 Å². The molecule has 202 valence electrons. The number of hydrogen-bond acceptors (Lipinski definition) is 3. The molecule has 2 atom stereocenters. The van der Waals surface area contributed by atoms with Crippen LogP contribution in [0, 0.1) is 17.8 Å². The van der Waals surface area contributed by atoms with Gasteiger partial charge in [-0.3, -0.25) is 9.59 Å². The van der Waals surface area contributed by atoms with E-state index in [1.165, 1.54) is 63.4 Å². The second kappa shape index (κ2) is 16.3. The number of hydrogen-bond donors (Lipinski definition) is 0. The summed E-state index contributed by atoms with van der Waals surface area (Å²) in [6.07, 6.45) is 20.2. The van der Waals surface area contributed by atoms with Gasteiger partial charge in [0.2, 0.25) is 0 Å². The normalized spacial score (nSPS) is 24.6. The SMILES string of the molecule is CCCCCCCC1CCC(C(=O)CC2CCC(c3ccc(OCCCCCC)cc3)CC2)C(=O)C1. The molecule has 36 heavy (non-hydrogen) atoms. The van der Waals surface area contributed by atoms with Crippen molar-refractivity contribution in [2.45, 2.75) is 135 Å². The quantitative estimate of drug-likeness (QED) is 0.169. The van der Waals surface area contributed by atoms with E-state index in [-0.39, 0.29) is 17.5 Å². The lowest BCUT2D eigenvalue weighted by atomic mass is 9.73. The Hall–Kier alpha value is -1.64. The lowest BCUT2D eigenvalue weighted by molar-refractivity contribution is -0.136. The van der Waals surface area contributed by atoms with Crippen LogP contribution in [0.25, 0.3) is 0 Å². The monoisotopic (exact) mass is 496 g/mol.